The second kappa shape index (κ2) is 4.47. The van der Waals surface area contributed by atoms with Gasteiger partial charge in [-0.1, -0.05) is 12.1 Å². The average molecular weight is 316 g/mol. The molecule has 0 spiro atoms. The predicted octanol–water partition coefficient (Wildman–Crippen LogP) is 1.76. The van der Waals surface area contributed by atoms with Gasteiger partial charge in [0.05, 0.1) is 11.8 Å². The van der Waals surface area contributed by atoms with E-state index in [1.54, 1.807) is 12.1 Å². The fourth-order valence-electron chi connectivity index (χ4n) is 4.68. The van der Waals surface area contributed by atoms with Crippen LogP contribution in [0.2, 0.25) is 0 Å². The fourth-order valence-corrected chi connectivity index (χ4v) is 4.68. The zero-order valence-electron chi connectivity index (χ0n) is 12.2. The lowest BCUT2D eigenvalue weighted by Crippen LogP contribution is -2.28. The minimum Gasteiger partial charge on any atom is -0.481 e. The second-order valence-corrected chi connectivity index (χ2v) is 6.50. The van der Waals surface area contributed by atoms with Crippen molar-refractivity contribution in [3.63, 3.8) is 0 Å². The standard InChI is InChI=1S/C16H16N2O5/c17-15-18-12-7(2-1-3-10(12)23-15)6-16-8(11(16)14(21)22)4-5-9(16)13(19)20/h1-3,8-9,11H,4-6H2,(H2,17,18)(H,19,20)(H,21,22). The van der Waals surface area contributed by atoms with Crippen LogP contribution in [0.3, 0.4) is 0 Å². The number of carboxylic acid groups (broad SMARTS) is 2. The van der Waals surface area contributed by atoms with Gasteiger partial charge in [-0.05, 0) is 36.8 Å². The summed E-state index contributed by atoms with van der Waals surface area (Å²) in [5.41, 5.74) is 6.79. The highest BCUT2D eigenvalue weighted by molar-refractivity contribution is 5.83. The van der Waals surface area contributed by atoms with Crippen LogP contribution in [0.1, 0.15) is 18.4 Å². The topological polar surface area (TPSA) is 127 Å². The number of carbonyl (C=O) groups is 2. The third-order valence-electron chi connectivity index (χ3n) is 5.56. The van der Waals surface area contributed by atoms with Gasteiger partial charge in [-0.25, -0.2) is 0 Å². The molecule has 0 amide bonds. The third-order valence-corrected chi connectivity index (χ3v) is 5.56. The van der Waals surface area contributed by atoms with Crippen LogP contribution in [-0.4, -0.2) is 27.1 Å². The first kappa shape index (κ1) is 14.0. The number of aromatic nitrogens is 1. The first-order chi connectivity index (χ1) is 10.9. The number of hydrogen-bond acceptors (Lipinski definition) is 5. The Morgan fingerprint density at radius 2 is 2.09 bits per heavy atom. The Hall–Kier alpha value is -2.57. The summed E-state index contributed by atoms with van der Waals surface area (Å²) in [4.78, 5) is 27.3. The van der Waals surface area contributed by atoms with Crippen molar-refractivity contribution in [2.75, 3.05) is 5.73 Å². The van der Waals surface area contributed by atoms with Crippen LogP contribution >= 0.6 is 0 Å². The number of fused-ring (bicyclic) bond motifs is 2. The molecule has 4 N–H and O–H groups in total. The Labute approximate surface area is 131 Å². The number of carboxylic acids is 2. The van der Waals surface area contributed by atoms with E-state index in [-0.39, 0.29) is 11.9 Å². The molecule has 2 aliphatic carbocycles. The van der Waals surface area contributed by atoms with E-state index < -0.39 is 29.2 Å². The van der Waals surface area contributed by atoms with Crippen molar-refractivity contribution in [1.29, 1.82) is 0 Å². The lowest BCUT2D eigenvalue weighted by molar-refractivity contribution is -0.146. The molecule has 1 aromatic heterocycles. The highest BCUT2D eigenvalue weighted by Gasteiger charge is 2.75. The molecule has 4 atom stereocenters. The van der Waals surface area contributed by atoms with Crippen molar-refractivity contribution in [2.45, 2.75) is 19.3 Å². The number of hydrogen-bond donors (Lipinski definition) is 3. The van der Waals surface area contributed by atoms with Crippen molar-refractivity contribution < 1.29 is 24.2 Å². The highest BCUT2D eigenvalue weighted by atomic mass is 16.4. The molecule has 0 saturated heterocycles. The van der Waals surface area contributed by atoms with Crippen LogP contribution in [0, 0.1) is 23.2 Å². The summed E-state index contributed by atoms with van der Waals surface area (Å²) in [5, 5.41) is 19.0. The van der Waals surface area contributed by atoms with Gasteiger partial charge in [-0.2, -0.15) is 4.98 Å². The van der Waals surface area contributed by atoms with Gasteiger partial charge in [0.25, 0.3) is 6.01 Å². The Morgan fingerprint density at radius 3 is 2.74 bits per heavy atom. The Balaban J connectivity index is 1.78. The molecule has 7 nitrogen and oxygen atoms in total. The molecule has 0 aliphatic heterocycles. The van der Waals surface area contributed by atoms with Crippen molar-refractivity contribution in [3.8, 4) is 0 Å². The molecular weight excluding hydrogens is 300 g/mol. The van der Waals surface area contributed by atoms with Crippen LogP contribution in [0.15, 0.2) is 22.6 Å². The number of nitrogen functional groups attached to an aromatic ring is 1. The van der Waals surface area contributed by atoms with Crippen LogP contribution in [0.4, 0.5) is 6.01 Å². The monoisotopic (exact) mass is 316 g/mol. The predicted molar refractivity (Wildman–Crippen MR) is 79.5 cm³/mol. The summed E-state index contributed by atoms with van der Waals surface area (Å²) in [6.45, 7) is 0. The Bertz CT molecular complexity index is 829. The van der Waals surface area contributed by atoms with Crippen LogP contribution in [0.5, 0.6) is 0 Å². The van der Waals surface area contributed by atoms with Crippen molar-refractivity contribution in [3.05, 3.63) is 23.8 Å². The van der Waals surface area contributed by atoms with Gasteiger partial charge in [0.2, 0.25) is 0 Å². The number of nitrogens with two attached hydrogens (primary N) is 1. The van der Waals surface area contributed by atoms with E-state index in [1.807, 2.05) is 6.07 Å². The molecule has 7 heteroatoms. The molecule has 23 heavy (non-hydrogen) atoms. The zero-order valence-corrected chi connectivity index (χ0v) is 12.2. The molecule has 4 unspecified atom stereocenters. The molecule has 2 saturated carbocycles. The number of anilines is 1. The van der Waals surface area contributed by atoms with E-state index in [2.05, 4.69) is 4.98 Å². The van der Waals surface area contributed by atoms with Crippen LogP contribution < -0.4 is 5.73 Å². The molecule has 120 valence electrons. The zero-order chi connectivity index (χ0) is 16.4. The first-order valence-corrected chi connectivity index (χ1v) is 7.54. The lowest BCUT2D eigenvalue weighted by Gasteiger charge is -2.21. The van der Waals surface area contributed by atoms with E-state index >= 15 is 0 Å². The smallest absolute Gasteiger partial charge is 0.307 e. The van der Waals surface area contributed by atoms with Gasteiger partial charge in [0, 0.05) is 5.41 Å². The first-order valence-electron chi connectivity index (χ1n) is 7.54. The SMILES string of the molecule is Nc1nc2c(CC34C(C(=O)O)CCC3C4C(=O)O)cccc2o1. The van der Waals surface area contributed by atoms with E-state index in [1.165, 1.54) is 0 Å². The van der Waals surface area contributed by atoms with Gasteiger partial charge >= 0.3 is 11.9 Å². The summed E-state index contributed by atoms with van der Waals surface area (Å²) >= 11 is 0. The Morgan fingerprint density at radius 1 is 1.30 bits per heavy atom. The van der Waals surface area contributed by atoms with Gasteiger partial charge in [-0.3, -0.25) is 9.59 Å². The van der Waals surface area contributed by atoms with Gasteiger partial charge in [0.1, 0.15) is 5.52 Å². The second-order valence-electron chi connectivity index (χ2n) is 6.50. The normalized spacial score (nSPS) is 31.9. The van der Waals surface area contributed by atoms with E-state index in [0.717, 1.165) is 5.56 Å². The summed E-state index contributed by atoms with van der Waals surface area (Å²) < 4.78 is 5.30. The maximum atomic E-state index is 11.6. The van der Waals surface area contributed by atoms with E-state index in [0.29, 0.717) is 30.4 Å². The number of benzene rings is 1. The molecule has 1 heterocycles. The van der Waals surface area contributed by atoms with E-state index in [4.69, 9.17) is 10.2 Å². The summed E-state index contributed by atoms with van der Waals surface area (Å²) in [7, 11) is 0. The molecule has 4 rings (SSSR count). The summed E-state index contributed by atoms with van der Waals surface area (Å²) in [5.74, 6) is -3.14. The molecule has 2 fully saturated rings. The minimum absolute atomic E-state index is 0.0493. The van der Waals surface area contributed by atoms with Crippen molar-refractivity contribution in [1.82, 2.24) is 4.98 Å². The van der Waals surface area contributed by atoms with Crippen LogP contribution in [0.25, 0.3) is 11.1 Å². The van der Waals surface area contributed by atoms with Gasteiger partial charge < -0.3 is 20.4 Å². The highest BCUT2D eigenvalue weighted by Crippen LogP contribution is 2.72. The lowest BCUT2D eigenvalue weighted by atomic mass is 9.82. The number of oxazole rings is 1. The number of aliphatic carboxylic acids is 2. The fraction of sp³-hybridized carbons (Fsp3) is 0.438. The quantitative estimate of drug-likeness (QED) is 0.784. The van der Waals surface area contributed by atoms with Crippen molar-refractivity contribution in [2.24, 2.45) is 23.2 Å². The van der Waals surface area contributed by atoms with Gasteiger partial charge in [-0.15, -0.1) is 0 Å². The van der Waals surface area contributed by atoms with Gasteiger partial charge in [0.15, 0.2) is 5.58 Å². The third kappa shape index (κ3) is 1.79. The Kier molecular flexibility index (Phi) is 2.73. The average Bonchev–Trinajstić information content (AvgIpc) is 2.78. The largest absolute Gasteiger partial charge is 0.481 e. The number of rotatable bonds is 4. The maximum absolute atomic E-state index is 11.6. The molecule has 1 aromatic carbocycles. The summed E-state index contributed by atoms with van der Waals surface area (Å²) in [6.07, 6.45) is 1.54. The minimum atomic E-state index is -0.914. The number of nitrogens with zero attached hydrogens (tertiary/aromatic N) is 1. The van der Waals surface area contributed by atoms with E-state index in [9.17, 15) is 19.8 Å². The molecule has 2 aliphatic rings. The van der Waals surface area contributed by atoms with Crippen molar-refractivity contribution >= 4 is 29.1 Å². The number of para-hydroxylation sites is 1. The molecular formula is C16H16N2O5. The van der Waals surface area contributed by atoms with Crippen LogP contribution in [-0.2, 0) is 16.0 Å². The molecule has 2 aromatic rings. The molecule has 0 radical (unpaired) electrons. The summed E-state index contributed by atoms with van der Waals surface area (Å²) in [6, 6.07) is 5.41. The maximum Gasteiger partial charge on any atom is 0.307 e. The molecule has 0 bridgehead atoms.